The Labute approximate surface area is 254 Å². The van der Waals surface area contributed by atoms with Gasteiger partial charge < -0.3 is 14.6 Å². The quantitative estimate of drug-likeness (QED) is 0.362. The van der Waals surface area contributed by atoms with Gasteiger partial charge in [0.1, 0.15) is 11.0 Å². The highest BCUT2D eigenvalue weighted by Crippen LogP contribution is 2.55. The number of alkyl halides is 3. The molecule has 42 heavy (non-hydrogen) atoms. The highest BCUT2D eigenvalue weighted by Gasteiger charge is 2.57. The minimum absolute atomic E-state index is 0.185. The first-order chi connectivity index (χ1) is 20.0. The molecule has 2 fully saturated rings. The van der Waals surface area contributed by atoms with Gasteiger partial charge in [-0.05, 0) is 49.6 Å². The first-order valence-corrected chi connectivity index (χ1v) is 15.7. The summed E-state index contributed by atoms with van der Waals surface area (Å²) in [5.41, 5.74) is -1.20. The molecule has 0 spiro atoms. The minimum atomic E-state index is -4.80. The number of fused-ring (bicyclic) bond motifs is 2. The minimum Gasteiger partial charge on any atom is -0.483 e. The predicted octanol–water partition coefficient (Wildman–Crippen LogP) is 5.40. The van der Waals surface area contributed by atoms with Crippen LogP contribution in [0.2, 0.25) is 0 Å². The van der Waals surface area contributed by atoms with E-state index in [1.54, 1.807) is 23.1 Å². The monoisotopic (exact) mass is 681 g/mol. The van der Waals surface area contributed by atoms with Crippen molar-refractivity contribution in [3.63, 3.8) is 0 Å². The van der Waals surface area contributed by atoms with E-state index in [-0.39, 0.29) is 18.3 Å². The third-order valence-corrected chi connectivity index (χ3v) is 10.5. The SMILES string of the molecule is O=C(COc1ccc(Br)cc1[C@@H]1c2sc(=O)[nH]c2S[C@H]2C(=O)N(c3ccccc3C(F)(F)F)C(=O)[C@@H]12)N1CCCCC1. The molecular formula is C28H23BrF3N3O5S2. The number of aromatic nitrogens is 1. The fourth-order valence-corrected chi connectivity index (χ4v) is 8.65. The van der Waals surface area contributed by atoms with Crippen molar-refractivity contribution in [3.8, 4) is 5.75 Å². The first-order valence-electron chi connectivity index (χ1n) is 13.2. The van der Waals surface area contributed by atoms with Gasteiger partial charge in [-0.3, -0.25) is 19.2 Å². The summed E-state index contributed by atoms with van der Waals surface area (Å²) in [7, 11) is 0. The summed E-state index contributed by atoms with van der Waals surface area (Å²) < 4.78 is 48.4. The first kappa shape index (κ1) is 29.0. The second-order valence-corrected chi connectivity index (χ2v) is 13.3. The van der Waals surface area contributed by atoms with Crippen molar-refractivity contribution in [2.24, 2.45) is 5.92 Å². The maximum Gasteiger partial charge on any atom is 0.418 e. The van der Waals surface area contributed by atoms with Crippen LogP contribution in [0.3, 0.4) is 0 Å². The number of hydrogen-bond donors (Lipinski definition) is 1. The molecule has 3 aliphatic heterocycles. The number of amides is 3. The maximum atomic E-state index is 14.0. The van der Waals surface area contributed by atoms with E-state index in [0.29, 0.717) is 37.9 Å². The summed E-state index contributed by atoms with van der Waals surface area (Å²) in [5, 5.41) is -0.720. The second kappa shape index (κ2) is 11.2. The van der Waals surface area contributed by atoms with Gasteiger partial charge in [-0.25, -0.2) is 4.90 Å². The van der Waals surface area contributed by atoms with Crippen LogP contribution in [-0.4, -0.2) is 52.6 Å². The Balaban J connectivity index is 1.41. The lowest BCUT2D eigenvalue weighted by Gasteiger charge is -2.31. The van der Waals surface area contributed by atoms with Crippen molar-refractivity contribution in [2.45, 2.75) is 41.6 Å². The molecule has 14 heteroatoms. The van der Waals surface area contributed by atoms with Crippen LogP contribution in [0, 0.1) is 5.92 Å². The van der Waals surface area contributed by atoms with Crippen LogP contribution in [0.15, 0.2) is 56.8 Å². The highest BCUT2D eigenvalue weighted by molar-refractivity contribution is 9.10. The molecule has 8 nitrogen and oxygen atoms in total. The van der Waals surface area contributed by atoms with Crippen LogP contribution in [0.1, 0.15) is 41.2 Å². The van der Waals surface area contributed by atoms with Gasteiger partial charge in [-0.1, -0.05) is 51.2 Å². The molecule has 1 aromatic heterocycles. The molecule has 1 N–H and O–H groups in total. The van der Waals surface area contributed by atoms with Gasteiger partial charge >= 0.3 is 11.0 Å². The number of piperidine rings is 1. The number of carbonyl (C=O) groups excluding carboxylic acids is 3. The molecule has 0 saturated carbocycles. The number of likely N-dealkylation sites (tertiary alicyclic amines) is 1. The van der Waals surface area contributed by atoms with Crippen molar-refractivity contribution in [1.29, 1.82) is 0 Å². The molecule has 0 aliphatic carbocycles. The molecule has 3 aliphatic rings. The zero-order valence-corrected chi connectivity index (χ0v) is 25.0. The Kier molecular flexibility index (Phi) is 7.73. The van der Waals surface area contributed by atoms with E-state index >= 15 is 0 Å². The molecule has 0 radical (unpaired) electrons. The van der Waals surface area contributed by atoms with Gasteiger partial charge in [-0.2, -0.15) is 13.2 Å². The number of anilines is 1. The number of hydrogen-bond acceptors (Lipinski definition) is 7. The number of nitrogens with zero attached hydrogens (tertiary/aromatic N) is 2. The van der Waals surface area contributed by atoms with Crippen molar-refractivity contribution in [3.05, 3.63) is 72.6 Å². The Morgan fingerprint density at radius 1 is 1.05 bits per heavy atom. The van der Waals surface area contributed by atoms with Crippen LogP contribution in [-0.2, 0) is 20.6 Å². The van der Waals surface area contributed by atoms with Gasteiger partial charge in [-0.15, -0.1) is 0 Å². The van der Waals surface area contributed by atoms with E-state index in [1.807, 2.05) is 0 Å². The van der Waals surface area contributed by atoms with Crippen molar-refractivity contribution < 1.29 is 32.3 Å². The number of halogens is 4. The molecule has 3 amide bonds. The van der Waals surface area contributed by atoms with E-state index in [9.17, 15) is 32.3 Å². The van der Waals surface area contributed by atoms with Gasteiger partial charge in [0.2, 0.25) is 11.8 Å². The molecular weight excluding hydrogens is 659 g/mol. The number of nitrogens with one attached hydrogen (secondary N) is 1. The topological polar surface area (TPSA) is 99.8 Å². The number of para-hydroxylation sites is 1. The van der Waals surface area contributed by atoms with Crippen molar-refractivity contribution in [2.75, 3.05) is 24.6 Å². The maximum absolute atomic E-state index is 14.0. The van der Waals surface area contributed by atoms with Crippen molar-refractivity contribution in [1.82, 2.24) is 9.88 Å². The summed E-state index contributed by atoms with van der Waals surface area (Å²) >= 11 is 5.28. The number of thiazole rings is 1. The van der Waals surface area contributed by atoms with E-state index in [4.69, 9.17) is 4.74 Å². The molecule has 0 bridgehead atoms. The number of H-pyrrole nitrogens is 1. The smallest absolute Gasteiger partial charge is 0.418 e. The average molecular weight is 683 g/mol. The Hall–Kier alpha value is -3.10. The van der Waals surface area contributed by atoms with E-state index in [1.165, 1.54) is 12.1 Å². The zero-order valence-electron chi connectivity index (χ0n) is 21.8. The molecule has 220 valence electrons. The number of ether oxygens (including phenoxy) is 1. The fraction of sp³-hybridized carbons (Fsp3) is 0.357. The van der Waals surface area contributed by atoms with Crippen LogP contribution in [0.25, 0.3) is 0 Å². The number of imide groups is 1. The summed E-state index contributed by atoms with van der Waals surface area (Å²) in [6.45, 7) is 1.04. The van der Waals surface area contributed by atoms with Crippen LogP contribution in [0.4, 0.5) is 18.9 Å². The summed E-state index contributed by atoms with van der Waals surface area (Å²) in [5.74, 6) is -3.53. The number of aromatic amines is 1. The predicted molar refractivity (Wildman–Crippen MR) is 154 cm³/mol. The normalized spacial score (nSPS) is 22.2. The standard InChI is InChI=1S/C28H23BrF3N3O5S2/c29-14-8-9-18(40-13-19(36)34-10-4-1-5-11-34)15(12-14)20-21-23(41-24-22(20)42-27(39)33-24)26(38)35(25(21)37)17-7-3-2-6-16(17)28(30,31)32/h2-3,6-9,12,20-21,23H,1,4-5,10-11,13H2,(H,33,39)/t20-,21-,23+/m0/s1. The molecule has 3 atom stereocenters. The summed E-state index contributed by atoms with van der Waals surface area (Å²) in [4.78, 5) is 58.2. The van der Waals surface area contributed by atoms with Crippen molar-refractivity contribution >= 4 is 62.4 Å². The molecule has 2 aromatic carbocycles. The summed E-state index contributed by atoms with van der Waals surface area (Å²) in [6.07, 6.45) is -1.91. The number of carbonyl (C=O) groups is 3. The Morgan fingerprint density at radius 2 is 1.79 bits per heavy atom. The molecule has 2 saturated heterocycles. The zero-order chi connectivity index (χ0) is 29.8. The number of benzene rings is 2. The van der Waals surface area contributed by atoms with Gasteiger partial charge in [0, 0.05) is 33.9 Å². The molecule has 6 rings (SSSR count). The highest BCUT2D eigenvalue weighted by atomic mass is 79.9. The number of rotatable bonds is 5. The third kappa shape index (κ3) is 5.17. The van der Waals surface area contributed by atoms with E-state index in [2.05, 4.69) is 20.9 Å². The lowest BCUT2D eigenvalue weighted by atomic mass is 9.82. The molecule has 4 heterocycles. The second-order valence-electron chi connectivity index (χ2n) is 10.2. The van der Waals surface area contributed by atoms with E-state index < -0.39 is 51.2 Å². The van der Waals surface area contributed by atoms with Crippen LogP contribution in [0.5, 0.6) is 5.75 Å². The largest absolute Gasteiger partial charge is 0.483 e. The van der Waals surface area contributed by atoms with Gasteiger partial charge in [0.05, 0.1) is 22.2 Å². The van der Waals surface area contributed by atoms with Crippen LogP contribution >= 0.6 is 39.0 Å². The number of thioether (sulfide) groups is 1. The fourth-order valence-electron chi connectivity index (χ4n) is 5.77. The lowest BCUT2D eigenvalue weighted by molar-refractivity contribution is -0.137. The van der Waals surface area contributed by atoms with E-state index in [0.717, 1.165) is 54.5 Å². The van der Waals surface area contributed by atoms with Crippen LogP contribution < -0.4 is 14.5 Å². The molecule has 0 unspecified atom stereocenters. The van der Waals surface area contributed by atoms with Gasteiger partial charge in [0.15, 0.2) is 6.61 Å². The summed E-state index contributed by atoms with van der Waals surface area (Å²) in [6, 6.07) is 9.49. The third-order valence-electron chi connectivity index (χ3n) is 7.64. The molecule has 3 aromatic rings. The average Bonchev–Trinajstić information content (AvgIpc) is 3.46. The lowest BCUT2D eigenvalue weighted by Crippen LogP contribution is -2.38. The Morgan fingerprint density at radius 3 is 2.52 bits per heavy atom. The Bertz CT molecular complexity index is 1640. The van der Waals surface area contributed by atoms with Gasteiger partial charge in [0.25, 0.3) is 5.91 Å².